The normalized spacial score (nSPS) is 17.5. The Morgan fingerprint density at radius 3 is 2.41 bits per heavy atom. The minimum Gasteiger partial charge on any atom is -0.470 e. The number of para-hydroxylation sites is 3. The minimum atomic E-state index is -3.68. The van der Waals surface area contributed by atoms with Crippen LogP contribution in [0.15, 0.2) is 54.6 Å². The first-order valence-corrected chi connectivity index (χ1v) is 10.3. The molecule has 6 nitrogen and oxygen atoms in total. The lowest BCUT2D eigenvalue weighted by atomic mass is 10.2. The predicted octanol–water partition coefficient (Wildman–Crippen LogP) is 3.05. The smallest absolute Gasteiger partial charge is 0.277 e. The van der Waals surface area contributed by atoms with Crippen LogP contribution in [-0.4, -0.2) is 38.7 Å². The van der Waals surface area contributed by atoms with E-state index in [1.807, 2.05) is 24.3 Å². The lowest BCUT2D eigenvalue weighted by Crippen LogP contribution is -2.43. The molecule has 1 aliphatic heterocycles. The van der Waals surface area contributed by atoms with Gasteiger partial charge in [-0.15, -0.1) is 12.4 Å². The molecule has 0 spiro atoms. The number of halogens is 1. The molecule has 3 rings (SSSR count). The molecular formula is C19H25ClN2O4S. The van der Waals surface area contributed by atoms with E-state index in [1.54, 1.807) is 30.3 Å². The number of nitrogens with zero attached hydrogens (tertiary/aromatic N) is 1. The molecule has 0 saturated carbocycles. The van der Waals surface area contributed by atoms with Gasteiger partial charge >= 0.3 is 0 Å². The highest BCUT2D eigenvalue weighted by molar-refractivity contribution is 7.93. The fourth-order valence-corrected chi connectivity index (χ4v) is 4.73. The van der Waals surface area contributed by atoms with Crippen molar-refractivity contribution in [3.05, 3.63) is 54.6 Å². The van der Waals surface area contributed by atoms with E-state index in [2.05, 4.69) is 5.32 Å². The second-order valence-corrected chi connectivity index (χ2v) is 8.05. The van der Waals surface area contributed by atoms with Crippen molar-refractivity contribution < 1.29 is 18.3 Å². The van der Waals surface area contributed by atoms with Crippen molar-refractivity contribution >= 4 is 33.8 Å². The van der Waals surface area contributed by atoms with Gasteiger partial charge in [-0.05, 0) is 50.2 Å². The van der Waals surface area contributed by atoms with E-state index in [4.69, 9.17) is 9.84 Å². The van der Waals surface area contributed by atoms with Gasteiger partial charge in [-0.1, -0.05) is 30.3 Å². The second kappa shape index (κ2) is 9.94. The van der Waals surface area contributed by atoms with Crippen LogP contribution in [0.4, 0.5) is 11.4 Å². The van der Waals surface area contributed by atoms with Crippen LogP contribution in [0.3, 0.4) is 0 Å². The summed E-state index contributed by atoms with van der Waals surface area (Å²) in [5.74, 6) is 0.574. The molecule has 0 fully saturated rings. The van der Waals surface area contributed by atoms with Crippen LogP contribution in [-0.2, 0) is 10.0 Å². The topological polar surface area (TPSA) is 78.9 Å². The van der Waals surface area contributed by atoms with Crippen molar-refractivity contribution in [3.63, 3.8) is 0 Å². The lowest BCUT2D eigenvalue weighted by molar-refractivity contribution is 0.253. The Morgan fingerprint density at radius 2 is 1.67 bits per heavy atom. The molecule has 0 aliphatic carbocycles. The number of rotatable bonds is 8. The number of aliphatic hydroxyl groups is 1. The Kier molecular flexibility index (Phi) is 7.91. The quantitative estimate of drug-likeness (QED) is 0.651. The molecule has 1 heterocycles. The maximum atomic E-state index is 13.2. The number of hydrogen-bond donors (Lipinski definition) is 2. The molecule has 0 amide bonds. The molecule has 1 aliphatic rings. The number of aliphatic hydroxyl groups excluding tert-OH is 1. The molecule has 2 aromatic carbocycles. The molecule has 0 saturated heterocycles. The fraction of sp³-hybridized carbons (Fsp3) is 0.368. The molecule has 1 unspecified atom stereocenters. The number of nitrogens with one attached hydrogen (secondary N) is 1. The summed E-state index contributed by atoms with van der Waals surface area (Å²) in [7, 11) is -3.68. The van der Waals surface area contributed by atoms with Gasteiger partial charge in [0, 0.05) is 13.0 Å². The van der Waals surface area contributed by atoms with Crippen LogP contribution < -0.4 is 14.4 Å². The SMILES string of the molecule is Cl.O=S1(=O)C(CCCNCCCO)Oc2ccccc2N1c1ccccc1. The van der Waals surface area contributed by atoms with Gasteiger partial charge in [0.2, 0.25) is 5.44 Å². The number of ether oxygens (including phenoxy) is 1. The van der Waals surface area contributed by atoms with E-state index < -0.39 is 15.5 Å². The van der Waals surface area contributed by atoms with Gasteiger partial charge < -0.3 is 15.2 Å². The van der Waals surface area contributed by atoms with Crippen molar-refractivity contribution in [1.82, 2.24) is 5.32 Å². The number of sulfonamides is 1. The molecule has 27 heavy (non-hydrogen) atoms. The highest BCUT2D eigenvalue weighted by atomic mass is 35.5. The van der Waals surface area contributed by atoms with Crippen LogP contribution in [0.5, 0.6) is 5.75 Å². The van der Waals surface area contributed by atoms with E-state index in [0.717, 1.165) is 0 Å². The summed E-state index contributed by atoms with van der Waals surface area (Å²) in [5.41, 5.74) is 0.225. The summed E-state index contributed by atoms with van der Waals surface area (Å²) < 4.78 is 33.6. The Morgan fingerprint density at radius 1 is 1.00 bits per heavy atom. The van der Waals surface area contributed by atoms with Gasteiger partial charge in [0.1, 0.15) is 5.75 Å². The molecule has 2 N–H and O–H groups in total. The molecule has 148 valence electrons. The number of benzene rings is 2. The summed E-state index contributed by atoms with van der Waals surface area (Å²) in [5, 5.41) is 12.0. The highest BCUT2D eigenvalue weighted by Crippen LogP contribution is 2.42. The molecule has 2 aromatic rings. The van der Waals surface area contributed by atoms with Gasteiger partial charge in [0.05, 0.1) is 11.4 Å². The zero-order chi connectivity index (χ0) is 18.4. The first kappa shape index (κ1) is 21.5. The fourth-order valence-electron chi connectivity index (χ4n) is 2.96. The van der Waals surface area contributed by atoms with Crippen molar-refractivity contribution in [2.24, 2.45) is 0 Å². The van der Waals surface area contributed by atoms with E-state index in [9.17, 15) is 8.42 Å². The molecular weight excluding hydrogens is 388 g/mol. The summed E-state index contributed by atoms with van der Waals surface area (Å²) in [6.07, 6.45) is 1.75. The predicted molar refractivity (Wildman–Crippen MR) is 109 cm³/mol. The molecule has 8 heteroatoms. The first-order chi connectivity index (χ1) is 12.6. The third-order valence-corrected chi connectivity index (χ3v) is 6.14. The second-order valence-electron chi connectivity index (χ2n) is 6.13. The Hall–Kier alpha value is -1.80. The van der Waals surface area contributed by atoms with Gasteiger partial charge in [-0.3, -0.25) is 0 Å². The Balaban J connectivity index is 0.00000261. The molecule has 0 bridgehead atoms. The summed E-state index contributed by atoms with van der Waals surface area (Å²) in [4.78, 5) is 0. The van der Waals surface area contributed by atoms with Crippen LogP contribution in [0.2, 0.25) is 0 Å². The maximum absolute atomic E-state index is 13.2. The van der Waals surface area contributed by atoms with Crippen molar-refractivity contribution in [3.8, 4) is 5.75 Å². The van der Waals surface area contributed by atoms with Gasteiger partial charge in [-0.25, -0.2) is 12.7 Å². The van der Waals surface area contributed by atoms with E-state index >= 15 is 0 Å². The van der Waals surface area contributed by atoms with E-state index in [0.29, 0.717) is 49.5 Å². The van der Waals surface area contributed by atoms with Gasteiger partial charge in [0.15, 0.2) is 0 Å². The summed E-state index contributed by atoms with van der Waals surface area (Å²) in [6, 6.07) is 16.3. The van der Waals surface area contributed by atoms with Crippen molar-refractivity contribution in [2.75, 3.05) is 24.0 Å². The summed E-state index contributed by atoms with van der Waals surface area (Å²) in [6.45, 7) is 1.55. The summed E-state index contributed by atoms with van der Waals surface area (Å²) >= 11 is 0. The average Bonchev–Trinajstić information content (AvgIpc) is 2.65. The van der Waals surface area contributed by atoms with Gasteiger partial charge in [0.25, 0.3) is 10.0 Å². The average molecular weight is 413 g/mol. The Labute approximate surface area is 166 Å². The van der Waals surface area contributed by atoms with E-state index in [-0.39, 0.29) is 19.0 Å². The zero-order valence-electron chi connectivity index (χ0n) is 15.0. The highest BCUT2D eigenvalue weighted by Gasteiger charge is 2.40. The largest absolute Gasteiger partial charge is 0.470 e. The number of fused-ring (bicyclic) bond motifs is 1. The third-order valence-electron chi connectivity index (χ3n) is 4.22. The zero-order valence-corrected chi connectivity index (χ0v) is 16.6. The van der Waals surface area contributed by atoms with Crippen LogP contribution in [0, 0.1) is 0 Å². The van der Waals surface area contributed by atoms with Crippen LogP contribution >= 0.6 is 12.4 Å². The maximum Gasteiger partial charge on any atom is 0.277 e. The lowest BCUT2D eigenvalue weighted by Gasteiger charge is -2.35. The van der Waals surface area contributed by atoms with Crippen LogP contribution in [0.1, 0.15) is 19.3 Å². The standard InChI is InChI=1S/C19H24N2O4S.ClH/c22-15-7-14-20-13-6-12-19-25-18-11-5-4-10-17(18)21(26(19,23)24)16-8-2-1-3-9-16;/h1-5,8-11,19-20,22H,6-7,12-15H2;1H. The Bertz CT molecular complexity index is 817. The third kappa shape index (κ3) is 4.93. The number of hydrogen-bond acceptors (Lipinski definition) is 5. The van der Waals surface area contributed by atoms with Crippen molar-refractivity contribution in [1.29, 1.82) is 0 Å². The minimum absolute atomic E-state index is 0. The van der Waals surface area contributed by atoms with Crippen LogP contribution in [0.25, 0.3) is 0 Å². The van der Waals surface area contributed by atoms with Gasteiger partial charge in [-0.2, -0.15) is 0 Å². The molecule has 0 radical (unpaired) electrons. The monoisotopic (exact) mass is 412 g/mol. The van der Waals surface area contributed by atoms with E-state index in [1.165, 1.54) is 4.31 Å². The molecule has 1 atom stereocenters. The molecule has 0 aromatic heterocycles. The number of anilines is 2. The first-order valence-electron chi connectivity index (χ1n) is 8.81. The van der Waals surface area contributed by atoms with Crippen molar-refractivity contribution in [2.45, 2.75) is 24.7 Å².